The predicted molar refractivity (Wildman–Crippen MR) is 127 cm³/mol. The minimum atomic E-state index is -0.346. The summed E-state index contributed by atoms with van der Waals surface area (Å²) < 4.78 is 13.0. The summed E-state index contributed by atoms with van der Waals surface area (Å²) in [7, 11) is 0. The second-order valence-electron chi connectivity index (χ2n) is 7.23. The molecule has 0 aliphatic carbocycles. The average molecular weight is 481 g/mol. The number of imidazole rings is 1. The molecule has 1 heterocycles. The third-order valence-electron chi connectivity index (χ3n) is 4.61. The van der Waals surface area contributed by atoms with Crippen molar-refractivity contribution < 1.29 is 14.3 Å². The van der Waals surface area contributed by atoms with Crippen LogP contribution in [-0.4, -0.2) is 34.8 Å². The van der Waals surface area contributed by atoms with Crippen LogP contribution < -0.4 is 0 Å². The number of aryl methyl sites for hydroxylation is 1. The van der Waals surface area contributed by atoms with Crippen LogP contribution in [0.2, 0.25) is 10.0 Å². The van der Waals surface area contributed by atoms with Gasteiger partial charge >= 0.3 is 5.97 Å². The van der Waals surface area contributed by atoms with E-state index >= 15 is 0 Å². The largest absolute Gasteiger partial charge is 0.462 e. The molecule has 3 rings (SSSR count). The molecule has 3 aromatic rings. The summed E-state index contributed by atoms with van der Waals surface area (Å²) >= 11 is 14.2. The number of hydrogen-bond acceptors (Lipinski definition) is 5. The molecule has 0 unspecified atom stereocenters. The topological polar surface area (TPSA) is 53.3 Å². The van der Waals surface area contributed by atoms with Gasteiger partial charge in [0, 0.05) is 28.9 Å². The Hall–Kier alpha value is -1.73. The molecule has 0 amide bonds. The Morgan fingerprint density at radius 3 is 2.61 bits per heavy atom. The zero-order valence-electron chi connectivity index (χ0n) is 17.9. The van der Waals surface area contributed by atoms with Crippen LogP contribution in [-0.2, 0) is 21.8 Å². The zero-order valence-corrected chi connectivity index (χ0v) is 20.2. The number of nitrogens with zero attached hydrogens (tertiary/aromatic N) is 2. The molecular weight excluding hydrogens is 455 g/mol. The second kappa shape index (κ2) is 11.2. The number of carbonyl (C=O) groups is 1. The number of thioether (sulfide) groups is 1. The van der Waals surface area contributed by atoms with E-state index < -0.39 is 0 Å². The lowest BCUT2D eigenvalue weighted by Gasteiger charge is -2.12. The first-order chi connectivity index (χ1) is 14.9. The maximum absolute atomic E-state index is 12.1. The van der Waals surface area contributed by atoms with E-state index in [2.05, 4.69) is 4.57 Å². The van der Waals surface area contributed by atoms with Gasteiger partial charge in [-0.2, -0.15) is 0 Å². The van der Waals surface area contributed by atoms with Crippen LogP contribution in [0.5, 0.6) is 0 Å². The van der Waals surface area contributed by atoms with E-state index in [1.165, 1.54) is 0 Å². The van der Waals surface area contributed by atoms with Crippen molar-refractivity contribution in [3.05, 3.63) is 57.6 Å². The van der Waals surface area contributed by atoms with E-state index in [1.54, 1.807) is 30.8 Å². The number of aromatic nitrogens is 2. The molecule has 0 N–H and O–H groups in total. The van der Waals surface area contributed by atoms with Gasteiger partial charge in [0.05, 0.1) is 29.3 Å². The molecule has 2 aromatic carbocycles. The molecule has 0 fully saturated rings. The summed E-state index contributed by atoms with van der Waals surface area (Å²) in [6.45, 7) is 7.59. The first kappa shape index (κ1) is 23.9. The SMILES string of the molecule is CCOC(=O)c1ccc2c(c1)nc(SCc1c(Cl)cccc1Cl)n2CCCOC(C)C. The molecule has 0 atom stereocenters. The summed E-state index contributed by atoms with van der Waals surface area (Å²) in [5.41, 5.74) is 3.09. The smallest absolute Gasteiger partial charge is 0.338 e. The monoisotopic (exact) mass is 480 g/mol. The number of carbonyl (C=O) groups excluding carboxylic acids is 1. The number of fused-ring (bicyclic) bond motifs is 1. The fourth-order valence-electron chi connectivity index (χ4n) is 3.12. The van der Waals surface area contributed by atoms with Gasteiger partial charge in [0.1, 0.15) is 0 Å². The number of benzene rings is 2. The van der Waals surface area contributed by atoms with Gasteiger partial charge in [-0.15, -0.1) is 0 Å². The molecule has 166 valence electrons. The van der Waals surface area contributed by atoms with Crippen molar-refractivity contribution in [1.82, 2.24) is 9.55 Å². The molecule has 0 aliphatic heterocycles. The van der Waals surface area contributed by atoms with E-state index in [1.807, 2.05) is 38.1 Å². The summed E-state index contributed by atoms with van der Waals surface area (Å²) in [5.74, 6) is 0.246. The lowest BCUT2D eigenvalue weighted by atomic mass is 10.2. The van der Waals surface area contributed by atoms with Crippen molar-refractivity contribution in [2.24, 2.45) is 0 Å². The van der Waals surface area contributed by atoms with E-state index in [-0.39, 0.29) is 12.1 Å². The third-order valence-corrected chi connectivity index (χ3v) is 6.32. The van der Waals surface area contributed by atoms with Crippen LogP contribution in [0, 0.1) is 0 Å². The number of halogens is 2. The fraction of sp³-hybridized carbons (Fsp3) is 0.391. The Balaban J connectivity index is 1.88. The van der Waals surface area contributed by atoms with Crippen molar-refractivity contribution in [3.8, 4) is 0 Å². The Morgan fingerprint density at radius 2 is 1.94 bits per heavy atom. The maximum atomic E-state index is 12.1. The summed E-state index contributed by atoms with van der Waals surface area (Å²) in [4.78, 5) is 16.9. The van der Waals surface area contributed by atoms with Gasteiger partial charge in [-0.25, -0.2) is 9.78 Å². The Morgan fingerprint density at radius 1 is 1.19 bits per heavy atom. The van der Waals surface area contributed by atoms with Gasteiger partial charge in [0.25, 0.3) is 0 Å². The lowest BCUT2D eigenvalue weighted by molar-refractivity contribution is 0.0526. The highest BCUT2D eigenvalue weighted by Crippen LogP contribution is 2.33. The molecule has 1 aromatic heterocycles. The molecule has 0 saturated heterocycles. The Kier molecular flexibility index (Phi) is 8.67. The minimum Gasteiger partial charge on any atom is -0.462 e. The Labute approximate surface area is 197 Å². The summed E-state index contributed by atoms with van der Waals surface area (Å²) in [5, 5.41) is 2.12. The highest BCUT2D eigenvalue weighted by molar-refractivity contribution is 7.98. The molecule has 0 saturated carbocycles. The predicted octanol–water partition coefficient (Wildman–Crippen LogP) is 6.63. The number of rotatable bonds is 10. The summed E-state index contributed by atoms with van der Waals surface area (Å²) in [6.07, 6.45) is 1.05. The molecule has 31 heavy (non-hydrogen) atoms. The quantitative estimate of drug-likeness (QED) is 0.185. The number of ether oxygens (including phenoxy) is 2. The maximum Gasteiger partial charge on any atom is 0.338 e. The van der Waals surface area contributed by atoms with Crippen LogP contribution in [0.4, 0.5) is 0 Å². The highest BCUT2D eigenvalue weighted by Gasteiger charge is 2.16. The zero-order chi connectivity index (χ0) is 22.4. The summed E-state index contributed by atoms with van der Waals surface area (Å²) in [6, 6.07) is 11.0. The van der Waals surface area contributed by atoms with E-state index in [4.69, 9.17) is 37.7 Å². The van der Waals surface area contributed by atoms with E-state index in [9.17, 15) is 4.79 Å². The second-order valence-corrected chi connectivity index (χ2v) is 8.99. The molecule has 0 spiro atoms. The first-order valence-corrected chi connectivity index (χ1v) is 12.0. The normalized spacial score (nSPS) is 11.4. The van der Waals surface area contributed by atoms with Crippen molar-refractivity contribution in [2.75, 3.05) is 13.2 Å². The van der Waals surface area contributed by atoms with Crippen LogP contribution in [0.15, 0.2) is 41.6 Å². The fourth-order valence-corrected chi connectivity index (χ4v) is 4.91. The number of esters is 1. The van der Waals surface area contributed by atoms with Crippen LogP contribution >= 0.6 is 35.0 Å². The highest BCUT2D eigenvalue weighted by atomic mass is 35.5. The molecule has 0 aliphatic rings. The van der Waals surface area contributed by atoms with Gasteiger partial charge < -0.3 is 14.0 Å². The minimum absolute atomic E-state index is 0.197. The van der Waals surface area contributed by atoms with E-state index in [0.29, 0.717) is 34.6 Å². The average Bonchev–Trinajstić information content (AvgIpc) is 3.07. The molecule has 0 bridgehead atoms. The molecule has 5 nitrogen and oxygen atoms in total. The molecule has 0 radical (unpaired) electrons. The van der Waals surface area contributed by atoms with Gasteiger partial charge in [-0.1, -0.05) is 41.0 Å². The van der Waals surface area contributed by atoms with Crippen LogP contribution in [0.25, 0.3) is 11.0 Å². The van der Waals surface area contributed by atoms with Crippen molar-refractivity contribution in [3.63, 3.8) is 0 Å². The first-order valence-electron chi connectivity index (χ1n) is 10.3. The Bertz CT molecular complexity index is 1030. The van der Waals surface area contributed by atoms with E-state index in [0.717, 1.165) is 34.7 Å². The molecular formula is C23H26Cl2N2O3S. The number of hydrogen-bond donors (Lipinski definition) is 0. The third kappa shape index (κ3) is 6.16. The van der Waals surface area contributed by atoms with Gasteiger partial charge in [-0.05, 0) is 63.1 Å². The van der Waals surface area contributed by atoms with Gasteiger partial charge in [0.15, 0.2) is 5.16 Å². The van der Waals surface area contributed by atoms with Crippen LogP contribution in [0.1, 0.15) is 43.1 Å². The van der Waals surface area contributed by atoms with Crippen LogP contribution in [0.3, 0.4) is 0 Å². The van der Waals surface area contributed by atoms with Gasteiger partial charge in [-0.3, -0.25) is 0 Å². The molecule has 8 heteroatoms. The van der Waals surface area contributed by atoms with Crippen molar-refractivity contribution in [1.29, 1.82) is 0 Å². The van der Waals surface area contributed by atoms with Gasteiger partial charge in [0.2, 0.25) is 0 Å². The lowest BCUT2D eigenvalue weighted by Crippen LogP contribution is -2.08. The van der Waals surface area contributed by atoms with Crippen molar-refractivity contribution >= 4 is 52.0 Å². The standard InChI is InChI=1S/C23H26Cl2N2O3S/c1-4-29-22(28)16-9-10-21-20(13-16)26-23(27(21)11-6-12-30-15(2)3)31-14-17-18(24)7-5-8-19(17)25/h5,7-10,13,15H,4,6,11-12,14H2,1-3H3. The van der Waals surface area contributed by atoms with Crippen molar-refractivity contribution in [2.45, 2.75) is 50.8 Å².